The van der Waals surface area contributed by atoms with Crippen molar-refractivity contribution in [3.05, 3.63) is 84.4 Å². The lowest BCUT2D eigenvalue weighted by Crippen LogP contribution is -2.43. The number of urea groups is 1. The van der Waals surface area contributed by atoms with Gasteiger partial charge < -0.3 is 15.4 Å². The third-order valence-corrected chi connectivity index (χ3v) is 5.27. The van der Waals surface area contributed by atoms with Gasteiger partial charge in [-0.25, -0.2) is 9.69 Å². The van der Waals surface area contributed by atoms with Gasteiger partial charge in [-0.2, -0.15) is 0 Å². The fourth-order valence-corrected chi connectivity index (χ4v) is 3.52. The van der Waals surface area contributed by atoms with Crippen molar-refractivity contribution in [3.63, 3.8) is 0 Å². The molecule has 0 aromatic heterocycles. The van der Waals surface area contributed by atoms with Crippen molar-refractivity contribution in [3.8, 4) is 11.5 Å². The maximum absolute atomic E-state index is 13.3. The number of hydrogen-bond acceptors (Lipinski definition) is 4. The predicted octanol–water partition coefficient (Wildman–Crippen LogP) is 4.81. The zero-order chi connectivity index (χ0) is 21.3. The molecule has 152 valence electrons. The summed E-state index contributed by atoms with van der Waals surface area (Å²) in [4.78, 5) is 29.1. The summed E-state index contributed by atoms with van der Waals surface area (Å²) in [5.74, 6) is 1.02. The second-order valence-electron chi connectivity index (χ2n) is 7.65. The van der Waals surface area contributed by atoms with Gasteiger partial charge in [-0.1, -0.05) is 48.5 Å². The Morgan fingerprint density at radius 2 is 1.50 bits per heavy atom. The van der Waals surface area contributed by atoms with Crippen molar-refractivity contribution in [1.29, 1.82) is 0 Å². The summed E-state index contributed by atoms with van der Waals surface area (Å²) >= 11 is 0. The van der Waals surface area contributed by atoms with E-state index in [1.165, 1.54) is 0 Å². The molecule has 0 atom stereocenters. The van der Waals surface area contributed by atoms with Crippen LogP contribution < -0.4 is 15.4 Å². The molecule has 4 rings (SSSR count). The largest absolute Gasteiger partial charge is 0.457 e. The molecular formula is C24H23N3O3. The van der Waals surface area contributed by atoms with Gasteiger partial charge in [-0.05, 0) is 44.2 Å². The van der Waals surface area contributed by atoms with Gasteiger partial charge in [-0.3, -0.25) is 4.79 Å². The van der Waals surface area contributed by atoms with Crippen LogP contribution in [0, 0.1) is 0 Å². The third kappa shape index (κ3) is 3.37. The number of carbonyl (C=O) groups is 2. The normalized spacial score (nSPS) is 15.5. The molecule has 0 bridgehead atoms. The number of anilines is 2. The first kappa shape index (κ1) is 19.5. The SMILES string of the molecule is CC1(C)C(=O)N(c2ccccc2N)C(=O)N1Cc1ccccc1Oc1ccccc1. The van der Waals surface area contributed by atoms with Crippen molar-refractivity contribution in [1.82, 2.24) is 4.90 Å². The number of ether oxygens (including phenoxy) is 1. The topological polar surface area (TPSA) is 75.9 Å². The highest BCUT2D eigenvalue weighted by Crippen LogP contribution is 2.37. The molecule has 0 unspecified atom stereocenters. The highest BCUT2D eigenvalue weighted by Gasteiger charge is 2.52. The molecule has 1 heterocycles. The first-order chi connectivity index (χ1) is 14.4. The molecular weight excluding hydrogens is 378 g/mol. The number of hydrogen-bond donors (Lipinski definition) is 1. The van der Waals surface area contributed by atoms with Gasteiger partial charge >= 0.3 is 6.03 Å². The second-order valence-corrected chi connectivity index (χ2v) is 7.65. The Bertz CT molecular complexity index is 1100. The summed E-state index contributed by atoms with van der Waals surface area (Å²) in [6.07, 6.45) is 0. The van der Waals surface area contributed by atoms with E-state index in [0.29, 0.717) is 22.9 Å². The van der Waals surface area contributed by atoms with E-state index in [0.717, 1.165) is 10.5 Å². The molecule has 1 aliphatic rings. The minimum atomic E-state index is -1.03. The molecule has 3 aromatic carbocycles. The summed E-state index contributed by atoms with van der Waals surface area (Å²) in [5.41, 5.74) is 6.59. The average molecular weight is 401 g/mol. The van der Waals surface area contributed by atoms with E-state index in [2.05, 4.69) is 0 Å². The Balaban J connectivity index is 1.66. The molecule has 0 saturated carbocycles. The van der Waals surface area contributed by atoms with Gasteiger partial charge in [0, 0.05) is 5.56 Å². The number of amides is 3. The van der Waals surface area contributed by atoms with Gasteiger partial charge in [0.2, 0.25) is 0 Å². The number of imide groups is 1. The lowest BCUT2D eigenvalue weighted by atomic mass is 10.0. The van der Waals surface area contributed by atoms with Crippen molar-refractivity contribution in [2.45, 2.75) is 25.9 Å². The van der Waals surface area contributed by atoms with Crippen LogP contribution in [0.1, 0.15) is 19.4 Å². The minimum absolute atomic E-state index is 0.226. The molecule has 3 aromatic rings. The molecule has 1 fully saturated rings. The maximum Gasteiger partial charge on any atom is 0.332 e. The van der Waals surface area contributed by atoms with Crippen LogP contribution in [0.5, 0.6) is 11.5 Å². The second kappa shape index (κ2) is 7.55. The molecule has 0 aliphatic carbocycles. The summed E-state index contributed by atoms with van der Waals surface area (Å²) in [6.45, 7) is 3.71. The smallest absolute Gasteiger partial charge is 0.332 e. The predicted molar refractivity (Wildman–Crippen MR) is 116 cm³/mol. The Labute approximate surface area is 175 Å². The van der Waals surface area contributed by atoms with Crippen LogP contribution in [-0.2, 0) is 11.3 Å². The van der Waals surface area contributed by atoms with Crippen LogP contribution in [0.2, 0.25) is 0 Å². The molecule has 6 heteroatoms. The van der Waals surface area contributed by atoms with Gasteiger partial charge in [0.25, 0.3) is 5.91 Å². The van der Waals surface area contributed by atoms with Crippen LogP contribution in [-0.4, -0.2) is 22.4 Å². The van der Waals surface area contributed by atoms with E-state index in [4.69, 9.17) is 10.5 Å². The van der Waals surface area contributed by atoms with Crippen molar-refractivity contribution in [2.75, 3.05) is 10.6 Å². The first-order valence-corrected chi connectivity index (χ1v) is 9.71. The Hall–Kier alpha value is -3.80. The summed E-state index contributed by atoms with van der Waals surface area (Å²) < 4.78 is 6.02. The number of carbonyl (C=O) groups excluding carboxylic acids is 2. The van der Waals surface area contributed by atoms with E-state index in [1.54, 1.807) is 43.0 Å². The van der Waals surface area contributed by atoms with E-state index in [-0.39, 0.29) is 12.5 Å². The van der Waals surface area contributed by atoms with E-state index in [1.807, 2.05) is 54.6 Å². The highest BCUT2D eigenvalue weighted by molar-refractivity contribution is 6.24. The standard InChI is InChI=1S/C24H23N3O3/c1-24(2)22(28)27(20-14-8-7-13-19(20)25)23(29)26(24)16-17-10-6-9-15-21(17)30-18-11-4-3-5-12-18/h3-15H,16,25H2,1-2H3. The Kier molecular flexibility index (Phi) is 4.91. The fraction of sp³-hybridized carbons (Fsp3) is 0.167. The summed E-state index contributed by atoms with van der Waals surface area (Å²) in [7, 11) is 0. The van der Waals surface area contributed by atoms with Crippen molar-refractivity contribution < 1.29 is 14.3 Å². The first-order valence-electron chi connectivity index (χ1n) is 9.71. The van der Waals surface area contributed by atoms with Gasteiger partial charge in [0.05, 0.1) is 17.9 Å². The van der Waals surface area contributed by atoms with Crippen LogP contribution in [0.25, 0.3) is 0 Å². The van der Waals surface area contributed by atoms with Gasteiger partial charge in [0.1, 0.15) is 17.0 Å². The van der Waals surface area contributed by atoms with Gasteiger partial charge in [-0.15, -0.1) is 0 Å². The molecule has 30 heavy (non-hydrogen) atoms. The highest BCUT2D eigenvalue weighted by atomic mass is 16.5. The molecule has 3 amide bonds. The number of para-hydroxylation sites is 4. The number of benzene rings is 3. The van der Waals surface area contributed by atoms with E-state index < -0.39 is 11.6 Å². The number of rotatable bonds is 5. The maximum atomic E-state index is 13.3. The number of nitrogens with two attached hydrogens (primary N) is 1. The Morgan fingerprint density at radius 3 is 2.23 bits per heavy atom. The molecule has 1 saturated heterocycles. The molecule has 2 N–H and O–H groups in total. The van der Waals surface area contributed by atoms with E-state index >= 15 is 0 Å². The minimum Gasteiger partial charge on any atom is -0.457 e. The van der Waals surface area contributed by atoms with Crippen LogP contribution in [0.3, 0.4) is 0 Å². The van der Waals surface area contributed by atoms with E-state index in [9.17, 15) is 9.59 Å². The lowest BCUT2D eigenvalue weighted by molar-refractivity contribution is -0.123. The molecule has 0 radical (unpaired) electrons. The quantitative estimate of drug-likeness (QED) is 0.492. The summed E-state index contributed by atoms with van der Waals surface area (Å²) in [6, 6.07) is 23.4. The lowest BCUT2D eigenvalue weighted by Gasteiger charge is -2.28. The van der Waals surface area contributed by atoms with Crippen LogP contribution in [0.4, 0.5) is 16.2 Å². The monoisotopic (exact) mass is 401 g/mol. The van der Waals surface area contributed by atoms with Crippen molar-refractivity contribution in [2.24, 2.45) is 0 Å². The molecule has 6 nitrogen and oxygen atoms in total. The van der Waals surface area contributed by atoms with Crippen LogP contribution >= 0.6 is 0 Å². The van der Waals surface area contributed by atoms with Crippen LogP contribution in [0.15, 0.2) is 78.9 Å². The molecule has 0 spiro atoms. The number of nitrogens with zero attached hydrogens (tertiary/aromatic N) is 2. The Morgan fingerprint density at radius 1 is 0.867 bits per heavy atom. The zero-order valence-electron chi connectivity index (χ0n) is 16.9. The third-order valence-electron chi connectivity index (χ3n) is 5.27. The summed E-state index contributed by atoms with van der Waals surface area (Å²) in [5, 5.41) is 0. The van der Waals surface area contributed by atoms with Gasteiger partial charge in [0.15, 0.2) is 0 Å². The zero-order valence-corrected chi connectivity index (χ0v) is 16.9. The molecule has 1 aliphatic heterocycles. The average Bonchev–Trinajstić information content (AvgIpc) is 2.90. The fourth-order valence-electron chi connectivity index (χ4n) is 3.52. The van der Waals surface area contributed by atoms with Crippen molar-refractivity contribution >= 4 is 23.3 Å². The number of nitrogen functional groups attached to an aromatic ring is 1.